The first kappa shape index (κ1) is 12.5. The van der Waals surface area contributed by atoms with Crippen LogP contribution in [0.5, 0.6) is 0 Å². The number of hydrogen-bond donors (Lipinski definition) is 1. The van der Waals surface area contributed by atoms with Crippen molar-refractivity contribution in [3.8, 4) is 0 Å². The Balaban J connectivity index is 1.72. The van der Waals surface area contributed by atoms with E-state index in [0.717, 1.165) is 31.6 Å². The van der Waals surface area contributed by atoms with Crippen LogP contribution < -0.4 is 0 Å². The zero-order chi connectivity index (χ0) is 12.6. The molecule has 3 rings (SSSR count). The number of hydrogen-bond acceptors (Lipinski definition) is 5. The van der Waals surface area contributed by atoms with Crippen LogP contribution in [0, 0.1) is 12.8 Å². The first-order valence-corrected chi connectivity index (χ1v) is 7.66. The molecule has 18 heavy (non-hydrogen) atoms. The van der Waals surface area contributed by atoms with Gasteiger partial charge in [-0.3, -0.25) is 0 Å². The fourth-order valence-electron chi connectivity index (χ4n) is 2.96. The lowest BCUT2D eigenvalue weighted by molar-refractivity contribution is -0.102. The smallest absolute Gasteiger partial charge is 0.191 e. The summed E-state index contributed by atoms with van der Waals surface area (Å²) < 4.78 is 11.2. The van der Waals surface area contributed by atoms with E-state index in [-0.39, 0.29) is 11.5 Å². The van der Waals surface area contributed by atoms with Crippen molar-refractivity contribution in [1.82, 2.24) is 4.98 Å². The molecule has 0 amide bonds. The van der Waals surface area contributed by atoms with E-state index in [1.807, 2.05) is 11.8 Å². The Labute approximate surface area is 111 Å². The Morgan fingerprint density at radius 1 is 1.61 bits per heavy atom. The maximum absolute atomic E-state index is 10.4. The molecule has 1 aromatic rings. The molecule has 2 saturated heterocycles. The molecule has 1 aromatic heterocycles. The van der Waals surface area contributed by atoms with E-state index in [4.69, 9.17) is 9.15 Å². The average molecular weight is 269 g/mol. The largest absolute Gasteiger partial charge is 0.449 e. The summed E-state index contributed by atoms with van der Waals surface area (Å²) in [5.74, 6) is 3.09. The number of aromatic nitrogens is 1. The molecule has 0 saturated carbocycles. The average Bonchev–Trinajstić information content (AvgIpc) is 2.98. The van der Waals surface area contributed by atoms with Gasteiger partial charge in [-0.05, 0) is 30.9 Å². The number of thioether (sulfide) groups is 1. The molecule has 2 aliphatic rings. The van der Waals surface area contributed by atoms with E-state index in [9.17, 15) is 5.11 Å². The minimum Gasteiger partial charge on any atom is -0.449 e. The van der Waals surface area contributed by atoms with Gasteiger partial charge in [0.05, 0.1) is 5.60 Å². The second-order valence-electron chi connectivity index (χ2n) is 5.32. The Hall–Kier alpha value is -0.520. The number of aliphatic hydroxyl groups excluding tert-OH is 1. The summed E-state index contributed by atoms with van der Waals surface area (Å²) >= 11 is 1.95. The number of oxazole rings is 1. The Kier molecular flexibility index (Phi) is 3.38. The molecule has 3 heterocycles. The number of aryl methyl sites for hydroxylation is 1. The second kappa shape index (κ2) is 4.87. The third-order valence-electron chi connectivity index (χ3n) is 3.98. The van der Waals surface area contributed by atoms with Crippen LogP contribution in [0.2, 0.25) is 0 Å². The molecule has 0 bridgehead atoms. The van der Waals surface area contributed by atoms with Crippen LogP contribution in [0.15, 0.2) is 10.7 Å². The molecular weight excluding hydrogens is 250 g/mol. The van der Waals surface area contributed by atoms with Crippen molar-refractivity contribution in [1.29, 1.82) is 0 Å². The number of rotatable bonds is 2. The number of aliphatic hydroxyl groups is 1. The molecule has 1 N–H and O–H groups in total. The molecule has 0 aromatic carbocycles. The van der Waals surface area contributed by atoms with Gasteiger partial charge in [0.15, 0.2) is 5.89 Å². The normalized spacial score (nSPS) is 34.0. The zero-order valence-electron chi connectivity index (χ0n) is 10.6. The first-order valence-electron chi connectivity index (χ1n) is 6.50. The van der Waals surface area contributed by atoms with Crippen molar-refractivity contribution >= 4 is 11.8 Å². The van der Waals surface area contributed by atoms with Crippen LogP contribution in [0.3, 0.4) is 0 Å². The summed E-state index contributed by atoms with van der Waals surface area (Å²) in [5, 5.41) is 10.4. The summed E-state index contributed by atoms with van der Waals surface area (Å²) in [7, 11) is 0. The summed E-state index contributed by atoms with van der Waals surface area (Å²) in [6, 6.07) is 0. The maximum atomic E-state index is 10.4. The quantitative estimate of drug-likeness (QED) is 0.893. The van der Waals surface area contributed by atoms with Crippen LogP contribution in [-0.2, 0) is 4.74 Å². The van der Waals surface area contributed by atoms with Gasteiger partial charge in [-0.1, -0.05) is 0 Å². The zero-order valence-corrected chi connectivity index (χ0v) is 11.4. The highest BCUT2D eigenvalue weighted by Crippen LogP contribution is 2.43. The Bertz CT molecular complexity index is 414. The van der Waals surface area contributed by atoms with Gasteiger partial charge in [-0.25, -0.2) is 4.98 Å². The molecule has 1 spiro atoms. The maximum Gasteiger partial charge on any atom is 0.191 e. The molecule has 3 atom stereocenters. The monoisotopic (exact) mass is 269 g/mol. The van der Waals surface area contributed by atoms with E-state index in [1.54, 1.807) is 13.2 Å². The summed E-state index contributed by atoms with van der Waals surface area (Å²) in [5.41, 5.74) is 0.674. The standard InChI is InChI=1S/C13H19NO3S/c1-9-14-11(7-16-9)12(15)10-2-4-17-13(6-10)3-5-18-8-13/h7,10,12,15H,2-6,8H2,1H3. The lowest BCUT2D eigenvalue weighted by Crippen LogP contribution is -2.41. The lowest BCUT2D eigenvalue weighted by atomic mass is 9.81. The van der Waals surface area contributed by atoms with Crippen molar-refractivity contribution in [3.63, 3.8) is 0 Å². The molecular formula is C13H19NO3S. The topological polar surface area (TPSA) is 55.5 Å². The minimum absolute atomic E-state index is 0.00729. The second-order valence-corrected chi connectivity index (χ2v) is 6.43. The van der Waals surface area contributed by atoms with Gasteiger partial charge >= 0.3 is 0 Å². The fraction of sp³-hybridized carbons (Fsp3) is 0.769. The Morgan fingerprint density at radius 2 is 2.50 bits per heavy atom. The minimum atomic E-state index is -0.520. The predicted molar refractivity (Wildman–Crippen MR) is 69.5 cm³/mol. The van der Waals surface area contributed by atoms with Gasteiger partial charge < -0.3 is 14.3 Å². The van der Waals surface area contributed by atoms with Crippen molar-refractivity contribution in [3.05, 3.63) is 17.8 Å². The molecule has 100 valence electrons. The number of nitrogens with zero attached hydrogens (tertiary/aromatic N) is 1. The Morgan fingerprint density at radius 3 is 3.17 bits per heavy atom. The number of ether oxygens (including phenoxy) is 1. The highest BCUT2D eigenvalue weighted by Gasteiger charge is 2.42. The molecule has 0 aliphatic carbocycles. The van der Waals surface area contributed by atoms with Gasteiger partial charge in [-0.15, -0.1) is 0 Å². The predicted octanol–water partition coefficient (Wildman–Crippen LogP) is 2.32. The lowest BCUT2D eigenvalue weighted by Gasteiger charge is -2.39. The molecule has 0 radical (unpaired) electrons. The van der Waals surface area contributed by atoms with Gasteiger partial charge in [0.2, 0.25) is 0 Å². The molecule has 4 nitrogen and oxygen atoms in total. The highest BCUT2D eigenvalue weighted by atomic mass is 32.2. The van der Waals surface area contributed by atoms with Crippen molar-refractivity contribution in [2.45, 2.75) is 37.9 Å². The van der Waals surface area contributed by atoms with Crippen molar-refractivity contribution < 1.29 is 14.3 Å². The van der Waals surface area contributed by atoms with Crippen molar-refractivity contribution in [2.75, 3.05) is 18.1 Å². The van der Waals surface area contributed by atoms with Crippen LogP contribution in [-0.4, -0.2) is 33.8 Å². The fourth-order valence-corrected chi connectivity index (χ4v) is 4.33. The first-order chi connectivity index (χ1) is 8.69. The van der Waals surface area contributed by atoms with E-state index in [2.05, 4.69) is 4.98 Å². The van der Waals surface area contributed by atoms with Gasteiger partial charge in [0, 0.05) is 19.3 Å². The highest BCUT2D eigenvalue weighted by molar-refractivity contribution is 7.99. The molecule has 2 fully saturated rings. The summed E-state index contributed by atoms with van der Waals surface area (Å²) in [6.45, 7) is 2.55. The van der Waals surface area contributed by atoms with Gasteiger partial charge in [0.1, 0.15) is 18.1 Å². The molecule has 5 heteroatoms. The van der Waals surface area contributed by atoms with Gasteiger partial charge in [-0.2, -0.15) is 11.8 Å². The van der Waals surface area contributed by atoms with Crippen molar-refractivity contribution in [2.24, 2.45) is 5.92 Å². The van der Waals surface area contributed by atoms with E-state index in [1.165, 1.54) is 5.75 Å². The molecule has 2 aliphatic heterocycles. The van der Waals surface area contributed by atoms with E-state index < -0.39 is 6.10 Å². The summed E-state index contributed by atoms with van der Waals surface area (Å²) in [4.78, 5) is 4.24. The van der Waals surface area contributed by atoms with E-state index in [0.29, 0.717) is 11.6 Å². The van der Waals surface area contributed by atoms with Crippen LogP contribution in [0.1, 0.15) is 37.0 Å². The van der Waals surface area contributed by atoms with E-state index >= 15 is 0 Å². The van der Waals surface area contributed by atoms with Crippen LogP contribution in [0.25, 0.3) is 0 Å². The third-order valence-corrected chi connectivity index (χ3v) is 5.21. The molecule has 3 unspecified atom stereocenters. The van der Waals surface area contributed by atoms with Gasteiger partial charge in [0.25, 0.3) is 0 Å². The van der Waals surface area contributed by atoms with Crippen LogP contribution in [0.4, 0.5) is 0 Å². The third kappa shape index (κ3) is 2.31. The summed E-state index contributed by atoms with van der Waals surface area (Å²) in [6.07, 6.45) is 4.01. The SMILES string of the molecule is Cc1nc(C(O)C2CCOC3(CCSC3)C2)co1. The van der Waals surface area contributed by atoms with Crippen LogP contribution >= 0.6 is 11.8 Å².